The number of rotatable bonds is 4. The van der Waals surface area contributed by atoms with Crippen molar-refractivity contribution in [1.29, 1.82) is 0 Å². The van der Waals surface area contributed by atoms with Gasteiger partial charge in [0.05, 0.1) is 0 Å². The molecule has 0 bridgehead atoms. The Labute approximate surface area is 186 Å². The fourth-order valence-electron chi connectivity index (χ4n) is 4.25. The van der Waals surface area contributed by atoms with Crippen molar-refractivity contribution in [2.24, 2.45) is 5.92 Å². The van der Waals surface area contributed by atoms with E-state index in [0.29, 0.717) is 23.1 Å². The second-order valence-electron chi connectivity index (χ2n) is 8.23. The summed E-state index contributed by atoms with van der Waals surface area (Å²) in [5.41, 5.74) is 9.24. The van der Waals surface area contributed by atoms with Gasteiger partial charge < -0.3 is 16.0 Å². The summed E-state index contributed by atoms with van der Waals surface area (Å²) in [6.07, 6.45) is 7.63. The third-order valence-electron chi connectivity index (χ3n) is 5.83. The van der Waals surface area contributed by atoms with Crippen LogP contribution >= 0.6 is 0 Å². The molecule has 162 valence electrons. The summed E-state index contributed by atoms with van der Waals surface area (Å²) < 4.78 is 2.03. The Morgan fingerprint density at radius 3 is 2.72 bits per heavy atom. The molecule has 1 aromatic carbocycles. The molecule has 1 fully saturated rings. The van der Waals surface area contributed by atoms with E-state index >= 15 is 0 Å². The minimum atomic E-state index is -0.214. The van der Waals surface area contributed by atoms with Crippen LogP contribution in [0.25, 0.3) is 16.8 Å². The zero-order valence-corrected chi connectivity index (χ0v) is 17.9. The standard InChI is InChI=1S/C24H25N7O/c1-16-5-4-13-30(15-16)24-29-20(21-22(25)27-12-14-31(21)24)17-7-9-18(10-8-17)23(32)28-19-6-2-3-11-26-19/h2-3,6-12,14,16H,4-5,13,15H2,1H3,(H2,25,27)(H,26,28,32). The van der Waals surface area contributed by atoms with Crippen molar-refractivity contribution in [2.75, 3.05) is 29.0 Å². The van der Waals surface area contributed by atoms with E-state index < -0.39 is 0 Å². The fourth-order valence-corrected chi connectivity index (χ4v) is 4.25. The number of imidazole rings is 1. The number of anilines is 3. The first-order valence-corrected chi connectivity index (χ1v) is 10.8. The minimum absolute atomic E-state index is 0.214. The number of carbonyl (C=O) groups excluding carboxylic acids is 1. The molecule has 4 aromatic rings. The highest BCUT2D eigenvalue weighted by Crippen LogP contribution is 2.33. The second kappa shape index (κ2) is 8.30. The van der Waals surface area contributed by atoms with E-state index in [1.165, 1.54) is 6.42 Å². The van der Waals surface area contributed by atoms with Crippen LogP contribution in [-0.2, 0) is 0 Å². The third-order valence-corrected chi connectivity index (χ3v) is 5.83. The second-order valence-corrected chi connectivity index (χ2v) is 8.23. The predicted octanol–water partition coefficient (Wildman–Crippen LogP) is 3.86. The highest BCUT2D eigenvalue weighted by Gasteiger charge is 2.24. The molecule has 8 nitrogen and oxygen atoms in total. The summed E-state index contributed by atoms with van der Waals surface area (Å²) in [6.45, 7) is 4.21. The summed E-state index contributed by atoms with van der Waals surface area (Å²) in [4.78, 5) is 28.3. The van der Waals surface area contributed by atoms with E-state index in [9.17, 15) is 4.79 Å². The maximum absolute atomic E-state index is 12.6. The van der Waals surface area contributed by atoms with Crippen LogP contribution in [0, 0.1) is 5.92 Å². The van der Waals surface area contributed by atoms with E-state index in [4.69, 9.17) is 10.7 Å². The molecule has 3 aromatic heterocycles. The zero-order valence-electron chi connectivity index (χ0n) is 17.9. The lowest BCUT2D eigenvalue weighted by atomic mass is 10.0. The number of piperidine rings is 1. The molecule has 1 atom stereocenters. The summed E-state index contributed by atoms with van der Waals surface area (Å²) >= 11 is 0. The molecule has 3 N–H and O–H groups in total. The van der Waals surface area contributed by atoms with Crippen LogP contribution in [0.5, 0.6) is 0 Å². The van der Waals surface area contributed by atoms with Crippen LogP contribution < -0.4 is 16.0 Å². The quantitative estimate of drug-likeness (QED) is 0.513. The first-order valence-electron chi connectivity index (χ1n) is 10.8. The van der Waals surface area contributed by atoms with Crippen molar-refractivity contribution in [2.45, 2.75) is 19.8 Å². The van der Waals surface area contributed by atoms with Gasteiger partial charge >= 0.3 is 0 Å². The molecule has 0 saturated carbocycles. The van der Waals surface area contributed by atoms with Crippen LogP contribution in [0.15, 0.2) is 61.1 Å². The lowest BCUT2D eigenvalue weighted by molar-refractivity contribution is 0.102. The largest absolute Gasteiger partial charge is 0.382 e. The van der Waals surface area contributed by atoms with Crippen LogP contribution in [-0.4, -0.2) is 38.3 Å². The van der Waals surface area contributed by atoms with Gasteiger partial charge in [0.15, 0.2) is 0 Å². The Bertz CT molecular complexity index is 1250. The number of aromatic nitrogens is 4. The molecule has 1 aliphatic rings. The predicted molar refractivity (Wildman–Crippen MR) is 126 cm³/mol. The molecule has 1 unspecified atom stereocenters. The highest BCUT2D eigenvalue weighted by molar-refractivity contribution is 6.04. The van der Waals surface area contributed by atoms with Crippen molar-refractivity contribution < 1.29 is 4.79 Å². The normalized spacial score (nSPS) is 16.3. The molecule has 5 rings (SSSR count). The molecule has 0 aliphatic carbocycles. The third kappa shape index (κ3) is 3.75. The number of nitrogens with one attached hydrogen (secondary N) is 1. The van der Waals surface area contributed by atoms with E-state index in [-0.39, 0.29) is 5.91 Å². The van der Waals surface area contributed by atoms with Crippen LogP contribution in [0.2, 0.25) is 0 Å². The number of benzene rings is 1. The number of nitrogen functional groups attached to an aromatic ring is 1. The molecule has 0 spiro atoms. The van der Waals surface area contributed by atoms with Crippen LogP contribution in [0.4, 0.5) is 17.6 Å². The number of fused-ring (bicyclic) bond motifs is 1. The number of carbonyl (C=O) groups is 1. The molecule has 1 aliphatic heterocycles. The van der Waals surface area contributed by atoms with E-state index in [1.807, 2.05) is 28.8 Å². The molecule has 4 heterocycles. The van der Waals surface area contributed by atoms with E-state index in [1.54, 1.807) is 36.7 Å². The average Bonchev–Trinajstić information content (AvgIpc) is 3.21. The van der Waals surface area contributed by atoms with Gasteiger partial charge in [0.25, 0.3) is 5.91 Å². The maximum atomic E-state index is 12.6. The topological polar surface area (TPSA) is 101 Å². The first-order chi connectivity index (χ1) is 15.6. The van der Waals surface area contributed by atoms with Crippen LogP contribution in [0.3, 0.4) is 0 Å². The van der Waals surface area contributed by atoms with Gasteiger partial charge in [-0.3, -0.25) is 9.20 Å². The SMILES string of the molecule is CC1CCCN(c2nc(-c3ccc(C(=O)Nc4ccccn4)cc3)c3c(N)nccn23)C1. The Kier molecular flexibility index (Phi) is 5.18. The Morgan fingerprint density at radius 2 is 1.97 bits per heavy atom. The zero-order chi connectivity index (χ0) is 22.1. The van der Waals surface area contributed by atoms with Gasteiger partial charge in [-0.25, -0.2) is 15.0 Å². The first kappa shape index (κ1) is 20.0. The lowest BCUT2D eigenvalue weighted by Crippen LogP contribution is -2.35. The van der Waals surface area contributed by atoms with Gasteiger partial charge in [-0.1, -0.05) is 25.1 Å². The minimum Gasteiger partial charge on any atom is -0.382 e. The van der Waals surface area contributed by atoms with E-state index in [2.05, 4.69) is 27.1 Å². The molecule has 1 saturated heterocycles. The highest BCUT2D eigenvalue weighted by atomic mass is 16.1. The Hall–Kier alpha value is -3.94. The summed E-state index contributed by atoms with van der Waals surface area (Å²) in [7, 11) is 0. The van der Waals surface area contributed by atoms with Crippen molar-refractivity contribution >= 4 is 29.0 Å². The Balaban J connectivity index is 1.48. The van der Waals surface area contributed by atoms with Crippen molar-refractivity contribution in [3.05, 3.63) is 66.6 Å². The van der Waals surface area contributed by atoms with Gasteiger partial charge in [-0.2, -0.15) is 0 Å². The fraction of sp³-hybridized carbons (Fsp3) is 0.250. The van der Waals surface area contributed by atoms with Gasteiger partial charge in [-0.05, 0) is 43.0 Å². The van der Waals surface area contributed by atoms with E-state index in [0.717, 1.165) is 42.2 Å². The van der Waals surface area contributed by atoms with Gasteiger partial charge in [0.1, 0.15) is 22.8 Å². The summed E-state index contributed by atoms with van der Waals surface area (Å²) in [6, 6.07) is 12.7. The van der Waals surface area contributed by atoms with Crippen molar-refractivity contribution in [3.8, 4) is 11.3 Å². The number of nitrogens with two attached hydrogens (primary N) is 1. The number of pyridine rings is 1. The smallest absolute Gasteiger partial charge is 0.256 e. The molecule has 32 heavy (non-hydrogen) atoms. The monoisotopic (exact) mass is 427 g/mol. The van der Waals surface area contributed by atoms with Gasteiger partial charge in [-0.15, -0.1) is 0 Å². The molecule has 8 heteroatoms. The summed E-state index contributed by atoms with van der Waals surface area (Å²) in [5.74, 6) is 2.24. The maximum Gasteiger partial charge on any atom is 0.256 e. The molecule has 1 amide bonds. The number of hydrogen-bond acceptors (Lipinski definition) is 6. The van der Waals surface area contributed by atoms with Gasteiger partial charge in [0, 0.05) is 42.8 Å². The Morgan fingerprint density at radius 1 is 1.12 bits per heavy atom. The summed E-state index contributed by atoms with van der Waals surface area (Å²) in [5, 5.41) is 2.80. The lowest BCUT2D eigenvalue weighted by Gasteiger charge is -2.31. The van der Waals surface area contributed by atoms with Crippen molar-refractivity contribution in [1.82, 2.24) is 19.4 Å². The average molecular weight is 428 g/mol. The van der Waals surface area contributed by atoms with Crippen molar-refractivity contribution in [3.63, 3.8) is 0 Å². The van der Waals surface area contributed by atoms with Gasteiger partial charge in [0.2, 0.25) is 5.95 Å². The molecule has 0 radical (unpaired) electrons. The number of nitrogens with zero attached hydrogens (tertiary/aromatic N) is 5. The number of amides is 1. The van der Waals surface area contributed by atoms with Crippen LogP contribution in [0.1, 0.15) is 30.1 Å². The molecular weight excluding hydrogens is 402 g/mol. The number of hydrogen-bond donors (Lipinski definition) is 2. The molecular formula is C24H25N7O.